The second-order valence-electron chi connectivity index (χ2n) is 4.24. The Labute approximate surface area is 103 Å². The number of hydrogen-bond acceptors (Lipinski definition) is 3. The Balaban J connectivity index is 2.14. The van der Waals surface area contributed by atoms with Crippen molar-refractivity contribution >= 4 is 0 Å². The lowest BCUT2D eigenvalue weighted by Crippen LogP contribution is -2.12. The summed E-state index contributed by atoms with van der Waals surface area (Å²) in [5, 5.41) is 9.67. The van der Waals surface area contributed by atoms with Crippen LogP contribution in [0.2, 0.25) is 0 Å². The van der Waals surface area contributed by atoms with Crippen molar-refractivity contribution in [3.8, 4) is 5.75 Å². The molecule has 0 amide bonds. The summed E-state index contributed by atoms with van der Waals surface area (Å²) >= 11 is 0. The summed E-state index contributed by atoms with van der Waals surface area (Å²) < 4.78 is 10.5. The highest BCUT2D eigenvalue weighted by Gasteiger charge is 2.04. The molecule has 0 radical (unpaired) electrons. The van der Waals surface area contributed by atoms with Gasteiger partial charge in [-0.1, -0.05) is 12.1 Å². The van der Waals surface area contributed by atoms with E-state index in [2.05, 4.69) is 0 Å². The molecule has 0 aliphatic rings. The first-order valence-corrected chi connectivity index (χ1v) is 6.09. The van der Waals surface area contributed by atoms with E-state index >= 15 is 0 Å². The minimum absolute atomic E-state index is 0.296. The Bertz CT molecular complexity index is 312. The van der Waals surface area contributed by atoms with Crippen molar-refractivity contribution in [2.75, 3.05) is 20.3 Å². The normalized spacial score (nSPS) is 12.4. The lowest BCUT2D eigenvalue weighted by molar-refractivity contribution is 0.113. The van der Waals surface area contributed by atoms with Gasteiger partial charge in [0, 0.05) is 20.1 Å². The molecule has 1 rings (SSSR count). The summed E-state index contributed by atoms with van der Waals surface area (Å²) in [6.45, 7) is 3.29. The Morgan fingerprint density at radius 3 is 2.76 bits per heavy atom. The lowest BCUT2D eigenvalue weighted by atomic mass is 10.1. The largest absolute Gasteiger partial charge is 0.493 e. The van der Waals surface area contributed by atoms with Crippen LogP contribution in [0.15, 0.2) is 24.3 Å². The molecule has 3 nitrogen and oxygen atoms in total. The van der Waals surface area contributed by atoms with Gasteiger partial charge in [0.15, 0.2) is 0 Å². The van der Waals surface area contributed by atoms with Crippen molar-refractivity contribution in [1.82, 2.24) is 0 Å². The van der Waals surface area contributed by atoms with Crippen molar-refractivity contribution in [2.24, 2.45) is 0 Å². The maximum Gasteiger partial charge on any atom is 0.119 e. The second kappa shape index (κ2) is 8.09. The number of aliphatic hydroxyl groups is 1. The lowest BCUT2D eigenvalue weighted by Gasteiger charge is -2.11. The molecule has 0 aromatic heterocycles. The molecule has 0 fully saturated rings. The van der Waals surface area contributed by atoms with Crippen molar-refractivity contribution in [3.05, 3.63) is 29.8 Å². The molecule has 1 unspecified atom stereocenters. The van der Waals surface area contributed by atoms with Gasteiger partial charge >= 0.3 is 0 Å². The molecule has 1 N–H and O–H groups in total. The van der Waals surface area contributed by atoms with Crippen LogP contribution >= 0.6 is 0 Å². The quantitative estimate of drug-likeness (QED) is 0.707. The van der Waals surface area contributed by atoms with E-state index in [1.165, 1.54) is 5.56 Å². The van der Waals surface area contributed by atoms with Crippen molar-refractivity contribution in [1.29, 1.82) is 0 Å². The highest BCUT2D eigenvalue weighted by atomic mass is 16.5. The molecular weight excluding hydrogens is 216 g/mol. The summed E-state index contributed by atoms with van der Waals surface area (Å²) in [7, 11) is 1.67. The number of rotatable bonds is 8. The van der Waals surface area contributed by atoms with E-state index in [9.17, 15) is 5.11 Å². The SMILES string of the molecule is COCCCC(O)CCOc1cccc(C)c1. The van der Waals surface area contributed by atoms with Crippen LogP contribution in [0, 0.1) is 6.92 Å². The molecular formula is C14H22O3. The fraction of sp³-hybridized carbons (Fsp3) is 0.571. The number of methoxy groups -OCH3 is 1. The third-order valence-corrected chi connectivity index (χ3v) is 2.60. The molecule has 1 atom stereocenters. The number of hydrogen-bond donors (Lipinski definition) is 1. The van der Waals surface area contributed by atoms with E-state index in [0.717, 1.165) is 18.6 Å². The predicted octanol–water partition coefficient (Wildman–Crippen LogP) is 2.55. The van der Waals surface area contributed by atoms with Crippen molar-refractivity contribution in [2.45, 2.75) is 32.3 Å². The molecule has 0 spiro atoms. The van der Waals surface area contributed by atoms with Gasteiger partial charge in [-0.3, -0.25) is 0 Å². The molecule has 0 heterocycles. The van der Waals surface area contributed by atoms with Crippen LogP contribution in [0.25, 0.3) is 0 Å². The summed E-state index contributed by atoms with van der Waals surface area (Å²) in [6, 6.07) is 7.94. The van der Waals surface area contributed by atoms with Gasteiger partial charge in [-0.25, -0.2) is 0 Å². The van der Waals surface area contributed by atoms with E-state index in [-0.39, 0.29) is 6.10 Å². The molecule has 0 bridgehead atoms. The molecule has 1 aromatic carbocycles. The summed E-state index contributed by atoms with van der Waals surface area (Å²) in [6.07, 6.45) is 2.03. The zero-order chi connectivity index (χ0) is 12.5. The molecule has 0 saturated heterocycles. The molecule has 0 aliphatic carbocycles. The summed E-state index contributed by atoms with van der Waals surface area (Å²) in [4.78, 5) is 0. The van der Waals surface area contributed by atoms with Gasteiger partial charge in [-0.2, -0.15) is 0 Å². The van der Waals surface area contributed by atoms with E-state index in [0.29, 0.717) is 19.6 Å². The van der Waals surface area contributed by atoms with Crippen LogP contribution in [-0.2, 0) is 4.74 Å². The van der Waals surface area contributed by atoms with E-state index in [4.69, 9.17) is 9.47 Å². The van der Waals surface area contributed by atoms with Crippen molar-refractivity contribution in [3.63, 3.8) is 0 Å². The van der Waals surface area contributed by atoms with Crippen molar-refractivity contribution < 1.29 is 14.6 Å². The molecule has 1 aromatic rings. The number of ether oxygens (including phenoxy) is 2. The van der Waals surface area contributed by atoms with E-state index < -0.39 is 0 Å². The molecule has 0 saturated carbocycles. The maximum absolute atomic E-state index is 9.67. The first-order chi connectivity index (χ1) is 8.22. The van der Waals surface area contributed by atoms with Gasteiger partial charge in [0.05, 0.1) is 12.7 Å². The van der Waals surface area contributed by atoms with Gasteiger partial charge in [-0.15, -0.1) is 0 Å². The Morgan fingerprint density at radius 2 is 2.06 bits per heavy atom. The minimum atomic E-state index is -0.296. The van der Waals surface area contributed by atoms with E-state index in [1.54, 1.807) is 7.11 Å². The molecule has 3 heteroatoms. The highest BCUT2D eigenvalue weighted by Crippen LogP contribution is 2.13. The fourth-order valence-corrected chi connectivity index (χ4v) is 1.63. The summed E-state index contributed by atoms with van der Waals surface area (Å²) in [5.74, 6) is 0.870. The molecule has 17 heavy (non-hydrogen) atoms. The van der Waals surface area contributed by atoms with Crippen LogP contribution in [0.5, 0.6) is 5.75 Å². The maximum atomic E-state index is 9.67. The second-order valence-corrected chi connectivity index (χ2v) is 4.24. The number of aryl methyl sites for hydroxylation is 1. The Morgan fingerprint density at radius 1 is 1.24 bits per heavy atom. The predicted molar refractivity (Wildman–Crippen MR) is 68.4 cm³/mol. The van der Waals surface area contributed by atoms with Crippen LogP contribution in [-0.4, -0.2) is 31.5 Å². The highest BCUT2D eigenvalue weighted by molar-refractivity contribution is 5.27. The zero-order valence-electron chi connectivity index (χ0n) is 10.7. The van der Waals surface area contributed by atoms with Crippen LogP contribution in [0.1, 0.15) is 24.8 Å². The van der Waals surface area contributed by atoms with Gasteiger partial charge in [0.25, 0.3) is 0 Å². The third kappa shape index (κ3) is 6.29. The van der Waals surface area contributed by atoms with Crippen LogP contribution < -0.4 is 4.74 Å². The standard InChI is InChI=1S/C14H22O3/c1-12-5-3-7-14(11-12)17-10-8-13(15)6-4-9-16-2/h3,5,7,11,13,15H,4,6,8-10H2,1-2H3. The average molecular weight is 238 g/mol. The number of benzene rings is 1. The van der Waals surface area contributed by atoms with Gasteiger partial charge in [-0.05, 0) is 37.5 Å². The van der Waals surface area contributed by atoms with Gasteiger partial charge in [0.1, 0.15) is 5.75 Å². The molecule has 96 valence electrons. The minimum Gasteiger partial charge on any atom is -0.493 e. The summed E-state index contributed by atoms with van der Waals surface area (Å²) in [5.41, 5.74) is 1.18. The Kier molecular flexibility index (Phi) is 6.67. The van der Waals surface area contributed by atoms with Gasteiger partial charge < -0.3 is 14.6 Å². The smallest absolute Gasteiger partial charge is 0.119 e. The topological polar surface area (TPSA) is 38.7 Å². The van der Waals surface area contributed by atoms with E-state index in [1.807, 2.05) is 31.2 Å². The molecule has 0 aliphatic heterocycles. The van der Waals surface area contributed by atoms with Crippen LogP contribution in [0.3, 0.4) is 0 Å². The first kappa shape index (κ1) is 14.0. The monoisotopic (exact) mass is 238 g/mol. The zero-order valence-corrected chi connectivity index (χ0v) is 10.7. The number of aliphatic hydroxyl groups excluding tert-OH is 1. The average Bonchev–Trinajstić information content (AvgIpc) is 2.29. The third-order valence-electron chi connectivity index (χ3n) is 2.60. The van der Waals surface area contributed by atoms with Crippen LogP contribution in [0.4, 0.5) is 0 Å². The fourth-order valence-electron chi connectivity index (χ4n) is 1.63. The first-order valence-electron chi connectivity index (χ1n) is 6.09. The Hall–Kier alpha value is -1.06. The van der Waals surface area contributed by atoms with Gasteiger partial charge in [0.2, 0.25) is 0 Å².